The number of rotatable bonds is 6. The molecular formula is C18H19NO2. The smallest absolute Gasteiger partial charge is 0.305 e. The molecule has 0 aliphatic heterocycles. The quantitative estimate of drug-likeness (QED) is 0.869. The SMILES string of the molecule is C[C@H](CC(=O)O)N(C=Cc1ccccc1)c1ccccc1. The van der Waals surface area contributed by atoms with E-state index in [9.17, 15) is 4.79 Å². The molecule has 3 nitrogen and oxygen atoms in total. The van der Waals surface area contributed by atoms with E-state index in [1.165, 1.54) is 0 Å². The van der Waals surface area contributed by atoms with Crippen LogP contribution in [0.3, 0.4) is 0 Å². The Morgan fingerprint density at radius 2 is 1.67 bits per heavy atom. The van der Waals surface area contributed by atoms with Crippen LogP contribution in [0.4, 0.5) is 5.69 Å². The van der Waals surface area contributed by atoms with Crippen molar-refractivity contribution in [3.05, 3.63) is 72.4 Å². The lowest BCUT2D eigenvalue weighted by Crippen LogP contribution is -2.30. The van der Waals surface area contributed by atoms with Crippen molar-refractivity contribution in [3.63, 3.8) is 0 Å². The van der Waals surface area contributed by atoms with Gasteiger partial charge in [0.2, 0.25) is 0 Å². The predicted molar refractivity (Wildman–Crippen MR) is 86.1 cm³/mol. The van der Waals surface area contributed by atoms with E-state index < -0.39 is 5.97 Å². The summed E-state index contributed by atoms with van der Waals surface area (Å²) in [5, 5.41) is 9.01. The van der Waals surface area contributed by atoms with E-state index in [1.54, 1.807) is 0 Å². The molecule has 0 saturated carbocycles. The fraction of sp³-hybridized carbons (Fsp3) is 0.167. The molecular weight excluding hydrogens is 262 g/mol. The first-order valence-corrected chi connectivity index (χ1v) is 6.95. The third kappa shape index (κ3) is 4.49. The number of carboxylic acids is 1. The van der Waals surface area contributed by atoms with Crippen LogP contribution in [0.2, 0.25) is 0 Å². The summed E-state index contributed by atoms with van der Waals surface area (Å²) in [4.78, 5) is 13.0. The van der Waals surface area contributed by atoms with Gasteiger partial charge >= 0.3 is 5.97 Å². The minimum Gasteiger partial charge on any atom is -0.481 e. The van der Waals surface area contributed by atoms with Crippen molar-refractivity contribution in [3.8, 4) is 0 Å². The van der Waals surface area contributed by atoms with Gasteiger partial charge < -0.3 is 10.0 Å². The lowest BCUT2D eigenvalue weighted by molar-refractivity contribution is -0.137. The molecule has 108 valence electrons. The maximum Gasteiger partial charge on any atom is 0.305 e. The van der Waals surface area contributed by atoms with Gasteiger partial charge in [0.15, 0.2) is 0 Å². The topological polar surface area (TPSA) is 40.5 Å². The maximum absolute atomic E-state index is 11.0. The van der Waals surface area contributed by atoms with Crippen molar-refractivity contribution >= 4 is 17.7 Å². The van der Waals surface area contributed by atoms with Gasteiger partial charge in [0.05, 0.1) is 6.42 Å². The van der Waals surface area contributed by atoms with E-state index in [0.29, 0.717) is 0 Å². The van der Waals surface area contributed by atoms with E-state index in [2.05, 4.69) is 0 Å². The minimum absolute atomic E-state index is 0.0913. The standard InChI is InChI=1S/C18H19NO2/c1-15(14-18(20)21)19(17-10-6-3-7-11-17)13-12-16-8-4-2-5-9-16/h2-13,15H,14H2,1H3,(H,20,21)/t15-/m1/s1. The summed E-state index contributed by atoms with van der Waals surface area (Å²) in [6.07, 6.45) is 4.03. The minimum atomic E-state index is -0.795. The van der Waals surface area contributed by atoms with Crippen LogP contribution in [0.25, 0.3) is 6.08 Å². The highest BCUT2D eigenvalue weighted by Gasteiger charge is 2.15. The molecule has 2 aromatic rings. The van der Waals surface area contributed by atoms with Gasteiger partial charge in [-0.1, -0.05) is 48.5 Å². The zero-order valence-electron chi connectivity index (χ0n) is 12.0. The molecule has 21 heavy (non-hydrogen) atoms. The highest BCUT2D eigenvalue weighted by molar-refractivity contribution is 5.69. The summed E-state index contributed by atoms with van der Waals surface area (Å²) in [5.41, 5.74) is 2.07. The highest BCUT2D eigenvalue weighted by Crippen LogP contribution is 2.19. The number of nitrogens with zero attached hydrogens (tertiary/aromatic N) is 1. The summed E-state index contributed by atoms with van der Waals surface area (Å²) in [6, 6.07) is 19.7. The van der Waals surface area contributed by atoms with E-state index in [1.807, 2.05) is 84.8 Å². The number of para-hydroxylation sites is 1. The largest absolute Gasteiger partial charge is 0.481 e. The number of hydrogen-bond acceptors (Lipinski definition) is 2. The van der Waals surface area contributed by atoms with Crippen molar-refractivity contribution in [2.45, 2.75) is 19.4 Å². The van der Waals surface area contributed by atoms with Gasteiger partial charge in [0, 0.05) is 17.9 Å². The first kappa shape index (κ1) is 14.9. The van der Waals surface area contributed by atoms with Gasteiger partial charge in [-0.25, -0.2) is 0 Å². The van der Waals surface area contributed by atoms with Gasteiger partial charge in [-0.2, -0.15) is 0 Å². The Labute approximate surface area is 125 Å². The fourth-order valence-electron chi connectivity index (χ4n) is 2.17. The molecule has 0 amide bonds. The van der Waals surface area contributed by atoms with Gasteiger partial charge in [-0.05, 0) is 30.7 Å². The third-order valence-corrected chi connectivity index (χ3v) is 3.23. The molecule has 0 fully saturated rings. The number of hydrogen-bond donors (Lipinski definition) is 1. The van der Waals surface area contributed by atoms with E-state index in [-0.39, 0.29) is 12.5 Å². The number of carbonyl (C=O) groups is 1. The second-order valence-electron chi connectivity index (χ2n) is 4.92. The lowest BCUT2D eigenvalue weighted by Gasteiger charge is -2.27. The molecule has 0 unspecified atom stereocenters. The Bertz CT molecular complexity index is 593. The van der Waals surface area contributed by atoms with Crippen molar-refractivity contribution in [2.24, 2.45) is 0 Å². The summed E-state index contributed by atoms with van der Waals surface area (Å²) in [6.45, 7) is 1.91. The number of aliphatic carboxylic acids is 1. The second kappa shape index (κ2) is 7.29. The predicted octanol–water partition coefficient (Wildman–Crippen LogP) is 4.03. The molecule has 0 spiro atoms. The summed E-state index contributed by atoms with van der Waals surface area (Å²) in [7, 11) is 0. The number of benzene rings is 2. The van der Waals surface area contributed by atoms with Gasteiger partial charge in [-0.15, -0.1) is 0 Å². The fourth-order valence-corrected chi connectivity index (χ4v) is 2.17. The monoisotopic (exact) mass is 281 g/mol. The van der Waals surface area contributed by atoms with Crippen molar-refractivity contribution in [1.29, 1.82) is 0 Å². The average molecular weight is 281 g/mol. The van der Waals surface area contributed by atoms with Gasteiger partial charge in [0.1, 0.15) is 0 Å². The molecule has 1 atom stereocenters. The van der Waals surface area contributed by atoms with E-state index in [0.717, 1.165) is 11.3 Å². The second-order valence-corrected chi connectivity index (χ2v) is 4.92. The number of anilines is 1. The zero-order chi connectivity index (χ0) is 15.1. The van der Waals surface area contributed by atoms with Crippen LogP contribution in [-0.4, -0.2) is 17.1 Å². The average Bonchev–Trinajstić information content (AvgIpc) is 2.49. The molecule has 0 heterocycles. The summed E-state index contributed by atoms with van der Waals surface area (Å²) >= 11 is 0. The Morgan fingerprint density at radius 1 is 1.10 bits per heavy atom. The molecule has 2 rings (SSSR count). The first-order chi connectivity index (χ1) is 10.2. The van der Waals surface area contributed by atoms with Gasteiger partial charge in [-0.3, -0.25) is 4.79 Å². The maximum atomic E-state index is 11.0. The molecule has 0 aromatic heterocycles. The van der Waals surface area contributed by atoms with Crippen LogP contribution in [0.15, 0.2) is 66.9 Å². The highest BCUT2D eigenvalue weighted by atomic mass is 16.4. The summed E-state index contributed by atoms with van der Waals surface area (Å²) < 4.78 is 0. The van der Waals surface area contributed by atoms with E-state index in [4.69, 9.17) is 5.11 Å². The molecule has 1 N–H and O–H groups in total. The van der Waals surface area contributed by atoms with Gasteiger partial charge in [0.25, 0.3) is 0 Å². The molecule has 2 aromatic carbocycles. The lowest BCUT2D eigenvalue weighted by atomic mass is 10.1. The molecule has 3 heteroatoms. The normalized spacial score (nSPS) is 12.2. The van der Waals surface area contributed by atoms with E-state index >= 15 is 0 Å². The van der Waals surface area contributed by atoms with Crippen molar-refractivity contribution in [1.82, 2.24) is 0 Å². The van der Waals surface area contributed by atoms with Crippen LogP contribution in [0, 0.1) is 0 Å². The zero-order valence-corrected chi connectivity index (χ0v) is 12.0. The molecule has 0 radical (unpaired) electrons. The van der Waals surface area contributed by atoms with Crippen LogP contribution in [0.5, 0.6) is 0 Å². The Kier molecular flexibility index (Phi) is 5.16. The Morgan fingerprint density at radius 3 is 2.24 bits per heavy atom. The summed E-state index contributed by atoms with van der Waals surface area (Å²) in [5.74, 6) is -0.795. The Hall–Kier alpha value is -2.55. The molecule has 0 saturated heterocycles. The first-order valence-electron chi connectivity index (χ1n) is 6.95. The van der Waals surface area contributed by atoms with Crippen LogP contribution < -0.4 is 4.90 Å². The molecule has 0 aliphatic carbocycles. The molecule has 0 bridgehead atoms. The van der Waals surface area contributed by atoms with Crippen molar-refractivity contribution in [2.75, 3.05) is 4.90 Å². The third-order valence-electron chi connectivity index (χ3n) is 3.23. The number of carboxylic acid groups (broad SMARTS) is 1. The van der Waals surface area contributed by atoms with Crippen molar-refractivity contribution < 1.29 is 9.90 Å². The van der Waals surface area contributed by atoms with Crippen LogP contribution in [-0.2, 0) is 4.79 Å². The van der Waals surface area contributed by atoms with Crippen LogP contribution >= 0.6 is 0 Å². The molecule has 0 aliphatic rings. The Balaban J connectivity index is 2.24. The van der Waals surface area contributed by atoms with Crippen LogP contribution in [0.1, 0.15) is 18.9 Å².